The first kappa shape index (κ1) is 16.8. The Labute approximate surface area is 150 Å². The third kappa shape index (κ3) is 2.77. The summed E-state index contributed by atoms with van der Waals surface area (Å²) in [6, 6.07) is 6.25. The van der Waals surface area contributed by atoms with Gasteiger partial charge in [0.2, 0.25) is 11.3 Å². The molecular weight excluding hydrogens is 334 g/mol. The number of carbonyl (C=O) groups is 2. The maximum Gasteiger partial charge on any atom is 0.326 e. The number of carboxylic acid groups (broad SMARTS) is 1. The summed E-state index contributed by atoms with van der Waals surface area (Å²) in [5.74, 6) is -0.911. The Morgan fingerprint density at radius 2 is 1.96 bits per heavy atom. The van der Waals surface area contributed by atoms with Gasteiger partial charge in [0.25, 0.3) is 0 Å². The fourth-order valence-corrected chi connectivity index (χ4v) is 4.54. The number of carbonyl (C=O) groups excluding carboxylic acids is 1. The van der Waals surface area contributed by atoms with Gasteiger partial charge in [-0.1, -0.05) is 25.0 Å². The number of nitrogens with zero attached hydrogens (tertiary/aromatic N) is 3. The summed E-state index contributed by atoms with van der Waals surface area (Å²) in [5.41, 5.74) is 0.390. The van der Waals surface area contributed by atoms with Gasteiger partial charge in [-0.05, 0) is 37.3 Å². The number of likely N-dealkylation sites (tertiary alicyclic amines) is 1. The van der Waals surface area contributed by atoms with Crippen molar-refractivity contribution < 1.29 is 14.7 Å². The zero-order chi connectivity index (χ0) is 18.3. The molecule has 1 aliphatic heterocycles. The molecule has 1 amide bonds. The lowest BCUT2D eigenvalue weighted by Gasteiger charge is -2.33. The first-order chi connectivity index (χ1) is 12.6. The van der Waals surface area contributed by atoms with Crippen LogP contribution in [-0.4, -0.2) is 43.7 Å². The number of amides is 1. The number of aromatic nitrogens is 2. The highest BCUT2D eigenvalue weighted by Crippen LogP contribution is 2.40. The van der Waals surface area contributed by atoms with Gasteiger partial charge < -0.3 is 10.0 Å². The quantitative estimate of drug-likeness (QED) is 0.904. The van der Waals surface area contributed by atoms with E-state index in [9.17, 15) is 19.5 Å². The van der Waals surface area contributed by atoms with Gasteiger partial charge in [0.05, 0.1) is 11.7 Å². The molecule has 0 radical (unpaired) electrons. The minimum Gasteiger partial charge on any atom is -0.480 e. The number of benzene rings is 1. The third-order valence-corrected chi connectivity index (χ3v) is 5.71. The van der Waals surface area contributed by atoms with E-state index in [0.29, 0.717) is 17.3 Å². The number of hydrogen-bond acceptors (Lipinski definition) is 4. The molecule has 1 N–H and O–H groups in total. The van der Waals surface area contributed by atoms with Crippen LogP contribution in [-0.2, 0) is 16.1 Å². The van der Waals surface area contributed by atoms with Crippen molar-refractivity contribution in [2.24, 2.45) is 5.92 Å². The van der Waals surface area contributed by atoms with Gasteiger partial charge in [0.1, 0.15) is 12.6 Å². The van der Waals surface area contributed by atoms with E-state index in [1.165, 1.54) is 10.9 Å². The molecule has 0 bridgehead atoms. The van der Waals surface area contributed by atoms with Gasteiger partial charge in [-0.2, -0.15) is 5.10 Å². The first-order valence-electron chi connectivity index (χ1n) is 9.05. The normalized spacial score (nSPS) is 25.2. The molecular formula is C19H21N3O4. The van der Waals surface area contributed by atoms with E-state index in [-0.39, 0.29) is 29.8 Å². The van der Waals surface area contributed by atoms with Crippen LogP contribution in [0.4, 0.5) is 0 Å². The molecule has 7 heteroatoms. The van der Waals surface area contributed by atoms with Crippen LogP contribution in [0.3, 0.4) is 0 Å². The Kier molecular flexibility index (Phi) is 4.22. The molecule has 2 heterocycles. The number of aliphatic carboxylic acids is 1. The highest BCUT2D eigenvalue weighted by molar-refractivity contribution is 5.86. The Morgan fingerprint density at radius 3 is 2.77 bits per heavy atom. The molecule has 136 valence electrons. The topological polar surface area (TPSA) is 92.5 Å². The minimum absolute atomic E-state index is 0.00277. The molecule has 7 nitrogen and oxygen atoms in total. The van der Waals surface area contributed by atoms with Crippen LogP contribution in [0, 0.1) is 5.92 Å². The minimum atomic E-state index is -0.939. The van der Waals surface area contributed by atoms with Gasteiger partial charge in [-0.15, -0.1) is 0 Å². The van der Waals surface area contributed by atoms with Crippen LogP contribution in [0.15, 0.2) is 35.3 Å². The Balaban J connectivity index is 1.66. The Bertz CT molecular complexity index is 922. The second-order valence-electron chi connectivity index (χ2n) is 7.19. The van der Waals surface area contributed by atoms with Crippen LogP contribution in [0.25, 0.3) is 10.9 Å². The highest BCUT2D eigenvalue weighted by atomic mass is 16.4. The zero-order valence-corrected chi connectivity index (χ0v) is 14.4. The van der Waals surface area contributed by atoms with E-state index >= 15 is 0 Å². The molecule has 2 aliphatic rings. The van der Waals surface area contributed by atoms with Gasteiger partial charge in [-0.25, -0.2) is 4.79 Å². The maximum absolute atomic E-state index is 13.0. The summed E-state index contributed by atoms with van der Waals surface area (Å²) in [6.45, 7) is -0.0617. The predicted molar refractivity (Wildman–Crippen MR) is 94.6 cm³/mol. The Hall–Kier alpha value is -2.70. The third-order valence-electron chi connectivity index (χ3n) is 5.71. The lowest BCUT2D eigenvalue weighted by Crippen LogP contribution is -2.47. The van der Waals surface area contributed by atoms with Crippen molar-refractivity contribution in [1.29, 1.82) is 0 Å². The molecule has 1 aromatic carbocycles. The molecule has 4 rings (SSSR count). The monoisotopic (exact) mass is 355 g/mol. The van der Waals surface area contributed by atoms with Gasteiger partial charge >= 0.3 is 5.97 Å². The molecule has 1 saturated carbocycles. The number of rotatable bonds is 3. The summed E-state index contributed by atoms with van der Waals surface area (Å²) < 4.78 is 1.49. The highest BCUT2D eigenvalue weighted by Gasteiger charge is 2.47. The van der Waals surface area contributed by atoms with E-state index in [2.05, 4.69) is 5.10 Å². The predicted octanol–water partition coefficient (Wildman–Crippen LogP) is 1.64. The van der Waals surface area contributed by atoms with Crippen LogP contribution in [0.1, 0.15) is 32.1 Å². The molecule has 1 saturated heterocycles. The lowest BCUT2D eigenvalue weighted by molar-refractivity contribution is -0.150. The number of hydrogen-bond donors (Lipinski definition) is 1. The number of para-hydroxylation sites is 1. The first-order valence-corrected chi connectivity index (χ1v) is 9.05. The summed E-state index contributed by atoms with van der Waals surface area (Å²) in [6.07, 6.45) is 5.70. The molecule has 0 unspecified atom stereocenters. The molecule has 2 fully saturated rings. The second-order valence-corrected chi connectivity index (χ2v) is 7.19. The molecule has 1 aliphatic carbocycles. The average molecular weight is 355 g/mol. The molecule has 0 spiro atoms. The average Bonchev–Trinajstić information content (AvgIpc) is 3.04. The van der Waals surface area contributed by atoms with Crippen molar-refractivity contribution in [3.05, 3.63) is 40.7 Å². The molecule has 1 aromatic heterocycles. The number of carboxylic acids is 1. The summed E-state index contributed by atoms with van der Waals surface area (Å²) in [7, 11) is 0. The summed E-state index contributed by atoms with van der Waals surface area (Å²) >= 11 is 0. The van der Waals surface area contributed by atoms with Gasteiger partial charge in [0, 0.05) is 11.4 Å². The van der Waals surface area contributed by atoms with Crippen LogP contribution < -0.4 is 5.43 Å². The van der Waals surface area contributed by atoms with Crippen molar-refractivity contribution in [1.82, 2.24) is 14.7 Å². The Morgan fingerprint density at radius 1 is 1.19 bits per heavy atom. The standard InChI is InChI=1S/C19H21N3O4/c23-17-10-20-21(15-8-4-2-6-13(15)17)11-18(24)22-14-7-3-1-5-12(14)9-16(22)19(25)26/h2,4,6,8,10,12,14,16H,1,3,5,7,9,11H2,(H,25,26)/t12-,14-,16+/m1/s1. The zero-order valence-electron chi connectivity index (χ0n) is 14.4. The van der Waals surface area contributed by atoms with E-state index in [1.54, 1.807) is 29.2 Å². The summed E-state index contributed by atoms with van der Waals surface area (Å²) in [5, 5.41) is 14.2. The van der Waals surface area contributed by atoms with E-state index < -0.39 is 12.0 Å². The van der Waals surface area contributed by atoms with Crippen molar-refractivity contribution in [2.45, 2.75) is 50.7 Å². The number of fused-ring (bicyclic) bond motifs is 2. The largest absolute Gasteiger partial charge is 0.480 e. The second kappa shape index (κ2) is 6.55. The van der Waals surface area contributed by atoms with Gasteiger partial charge in [0.15, 0.2) is 0 Å². The van der Waals surface area contributed by atoms with E-state index in [4.69, 9.17) is 0 Å². The van der Waals surface area contributed by atoms with Crippen LogP contribution in [0.2, 0.25) is 0 Å². The van der Waals surface area contributed by atoms with Crippen molar-refractivity contribution >= 4 is 22.8 Å². The van der Waals surface area contributed by atoms with Gasteiger partial charge in [-0.3, -0.25) is 14.3 Å². The lowest BCUT2D eigenvalue weighted by atomic mass is 9.85. The van der Waals surface area contributed by atoms with Crippen LogP contribution >= 0.6 is 0 Å². The smallest absolute Gasteiger partial charge is 0.326 e. The van der Waals surface area contributed by atoms with Crippen LogP contribution in [0.5, 0.6) is 0 Å². The SMILES string of the molecule is O=C(O)[C@@H]1C[C@H]2CCCC[C@H]2N1C(=O)Cn1ncc(=O)c2ccccc21. The maximum atomic E-state index is 13.0. The molecule has 3 atom stereocenters. The molecule has 26 heavy (non-hydrogen) atoms. The van der Waals surface area contributed by atoms with E-state index in [1.807, 2.05) is 0 Å². The van der Waals surface area contributed by atoms with Crippen molar-refractivity contribution in [2.75, 3.05) is 0 Å². The fourth-order valence-electron chi connectivity index (χ4n) is 4.54. The fraction of sp³-hybridized carbons (Fsp3) is 0.474. The molecule has 2 aromatic rings. The van der Waals surface area contributed by atoms with Crippen molar-refractivity contribution in [3.63, 3.8) is 0 Å². The summed E-state index contributed by atoms with van der Waals surface area (Å²) in [4.78, 5) is 38.3. The van der Waals surface area contributed by atoms with E-state index in [0.717, 1.165) is 25.7 Å². The van der Waals surface area contributed by atoms with Crippen molar-refractivity contribution in [3.8, 4) is 0 Å².